The van der Waals surface area contributed by atoms with Crippen molar-refractivity contribution in [3.63, 3.8) is 0 Å². The van der Waals surface area contributed by atoms with E-state index in [0.29, 0.717) is 0 Å². The third-order valence-corrected chi connectivity index (χ3v) is 4.00. The Bertz CT molecular complexity index is 1130. The van der Waals surface area contributed by atoms with Gasteiger partial charge in [-0.15, -0.1) is 26.3 Å². The van der Waals surface area contributed by atoms with Crippen molar-refractivity contribution in [3.8, 4) is 34.0 Å². The van der Waals surface area contributed by atoms with E-state index in [-0.39, 0.29) is 28.1 Å². The summed E-state index contributed by atoms with van der Waals surface area (Å²) in [6, 6.07) is 12.4. The number of carbonyl (C=O) groups excluding carboxylic acids is 1. The minimum absolute atomic E-state index is 0.0517. The van der Waals surface area contributed by atoms with E-state index in [2.05, 4.69) is 14.5 Å². The smallest absolute Gasteiger partial charge is 0.465 e. The second kappa shape index (κ2) is 8.77. The van der Waals surface area contributed by atoms with E-state index < -0.39 is 30.2 Å². The highest BCUT2D eigenvalue weighted by atomic mass is 19.4. The van der Waals surface area contributed by atoms with Crippen LogP contribution in [0.4, 0.5) is 26.3 Å². The molecule has 0 N–H and O–H groups in total. The van der Waals surface area contributed by atoms with Crippen LogP contribution >= 0.6 is 0 Å². The molecule has 0 spiro atoms. The summed E-state index contributed by atoms with van der Waals surface area (Å²) in [6.45, 7) is 0. The van der Waals surface area contributed by atoms with Crippen molar-refractivity contribution in [2.24, 2.45) is 0 Å². The number of benzene rings is 2. The summed E-state index contributed by atoms with van der Waals surface area (Å²) in [5.74, 6) is -1.84. The molecule has 1 heterocycles. The van der Waals surface area contributed by atoms with Gasteiger partial charge >= 0.3 is 18.7 Å². The minimum Gasteiger partial charge on any atom is -0.465 e. The Hall–Kier alpha value is -3.76. The van der Waals surface area contributed by atoms with Gasteiger partial charge in [0.2, 0.25) is 0 Å². The molecule has 0 aliphatic heterocycles. The van der Waals surface area contributed by atoms with Gasteiger partial charge in [-0.25, -0.2) is 9.78 Å². The number of alkyl halides is 6. The zero-order valence-electron chi connectivity index (χ0n) is 16.1. The normalized spacial score (nSPS) is 11.7. The van der Waals surface area contributed by atoms with Gasteiger partial charge in [-0.2, -0.15) is 0 Å². The lowest BCUT2D eigenvalue weighted by atomic mass is 10.0. The number of methoxy groups -OCH3 is 1. The predicted molar refractivity (Wildman–Crippen MR) is 99.8 cm³/mol. The number of hydrogen-bond acceptors (Lipinski definition) is 5. The van der Waals surface area contributed by atoms with Gasteiger partial charge in [0.05, 0.1) is 24.1 Å². The van der Waals surface area contributed by atoms with Gasteiger partial charge in [0, 0.05) is 11.1 Å². The first kappa shape index (κ1) is 22.9. The topological polar surface area (TPSA) is 57.7 Å². The van der Waals surface area contributed by atoms with Gasteiger partial charge < -0.3 is 14.2 Å². The Labute approximate surface area is 177 Å². The molecule has 168 valence electrons. The number of hydrogen-bond donors (Lipinski definition) is 0. The van der Waals surface area contributed by atoms with E-state index >= 15 is 0 Å². The number of aromatic nitrogens is 1. The molecule has 2 aromatic carbocycles. The Morgan fingerprint density at radius 1 is 0.781 bits per heavy atom. The fourth-order valence-corrected chi connectivity index (χ4v) is 2.81. The molecule has 0 saturated heterocycles. The molecule has 0 aliphatic carbocycles. The van der Waals surface area contributed by atoms with Crippen LogP contribution in [0.15, 0.2) is 60.7 Å². The van der Waals surface area contributed by atoms with E-state index in [0.717, 1.165) is 31.4 Å². The zero-order chi connectivity index (χ0) is 23.5. The Kier molecular flexibility index (Phi) is 6.28. The SMILES string of the molecule is COC(=O)c1ccc(-c2cccc(OC(F)(F)F)c2)nc1-c1cccc(OC(F)(F)F)c1. The van der Waals surface area contributed by atoms with Crippen LogP contribution in [-0.2, 0) is 4.74 Å². The van der Waals surface area contributed by atoms with Gasteiger partial charge in [-0.05, 0) is 36.4 Å². The van der Waals surface area contributed by atoms with Crippen LogP contribution in [0.3, 0.4) is 0 Å². The minimum atomic E-state index is -4.93. The molecule has 5 nitrogen and oxygen atoms in total. The maximum Gasteiger partial charge on any atom is 0.573 e. The lowest BCUT2D eigenvalue weighted by Crippen LogP contribution is -2.17. The van der Waals surface area contributed by atoms with Gasteiger partial charge in [0.25, 0.3) is 0 Å². The van der Waals surface area contributed by atoms with Gasteiger partial charge in [-0.1, -0.05) is 24.3 Å². The van der Waals surface area contributed by atoms with Crippen molar-refractivity contribution < 1.29 is 45.3 Å². The second-order valence-corrected chi connectivity index (χ2v) is 6.24. The van der Waals surface area contributed by atoms with Crippen LogP contribution in [0.1, 0.15) is 10.4 Å². The summed E-state index contributed by atoms with van der Waals surface area (Å²) in [4.78, 5) is 16.4. The summed E-state index contributed by atoms with van der Waals surface area (Å²) in [5, 5.41) is 0. The summed E-state index contributed by atoms with van der Waals surface area (Å²) < 4.78 is 87.8. The van der Waals surface area contributed by atoms with E-state index in [1.165, 1.54) is 36.4 Å². The number of halogens is 6. The van der Waals surface area contributed by atoms with Crippen molar-refractivity contribution in [2.45, 2.75) is 12.7 Å². The number of carbonyl (C=O) groups is 1. The number of nitrogens with zero attached hydrogens (tertiary/aromatic N) is 1. The van der Waals surface area contributed by atoms with Crippen molar-refractivity contribution in [1.82, 2.24) is 4.98 Å². The Balaban J connectivity index is 2.09. The molecule has 3 rings (SSSR count). The maximum absolute atomic E-state index is 12.6. The van der Waals surface area contributed by atoms with Gasteiger partial charge in [0.15, 0.2) is 0 Å². The average molecular weight is 457 g/mol. The van der Waals surface area contributed by atoms with Crippen LogP contribution in [0.25, 0.3) is 22.5 Å². The summed E-state index contributed by atoms with van der Waals surface area (Å²) in [6.07, 6.45) is -9.83. The fourth-order valence-electron chi connectivity index (χ4n) is 2.81. The molecule has 0 amide bonds. The molecule has 1 aromatic heterocycles. The van der Waals surface area contributed by atoms with Crippen molar-refractivity contribution in [3.05, 3.63) is 66.2 Å². The third kappa shape index (κ3) is 5.90. The highest BCUT2D eigenvalue weighted by Crippen LogP contribution is 2.32. The van der Waals surface area contributed by atoms with Crippen LogP contribution in [0.2, 0.25) is 0 Å². The van der Waals surface area contributed by atoms with Crippen LogP contribution in [-0.4, -0.2) is 30.8 Å². The molecule has 0 bridgehead atoms. The monoisotopic (exact) mass is 457 g/mol. The van der Waals surface area contributed by atoms with Gasteiger partial charge in [0.1, 0.15) is 11.5 Å². The summed E-state index contributed by atoms with van der Waals surface area (Å²) in [5.41, 5.74) is 0.332. The molecule has 32 heavy (non-hydrogen) atoms. The number of esters is 1. The maximum atomic E-state index is 12.6. The highest BCUT2D eigenvalue weighted by Gasteiger charge is 2.32. The highest BCUT2D eigenvalue weighted by molar-refractivity contribution is 5.96. The number of pyridine rings is 1. The molecule has 11 heteroatoms. The lowest BCUT2D eigenvalue weighted by molar-refractivity contribution is -0.275. The van der Waals surface area contributed by atoms with Gasteiger partial charge in [-0.3, -0.25) is 0 Å². The van der Waals surface area contributed by atoms with Crippen LogP contribution in [0, 0.1) is 0 Å². The standard InChI is InChI=1S/C21H13F6NO4/c1-30-19(29)16-8-9-17(12-4-2-6-14(10-12)31-20(22,23)24)28-18(16)13-5-3-7-15(11-13)32-21(25,26)27/h2-11H,1H3. The molecule has 0 radical (unpaired) electrons. The van der Waals surface area contributed by atoms with Crippen molar-refractivity contribution in [1.29, 1.82) is 0 Å². The predicted octanol–water partition coefficient (Wildman–Crippen LogP) is 6.00. The van der Waals surface area contributed by atoms with E-state index in [9.17, 15) is 31.1 Å². The van der Waals surface area contributed by atoms with Crippen LogP contribution in [0.5, 0.6) is 11.5 Å². The molecular formula is C21H13F6NO4. The molecule has 0 unspecified atom stereocenters. The van der Waals surface area contributed by atoms with Crippen LogP contribution < -0.4 is 9.47 Å². The first-order chi connectivity index (χ1) is 14.9. The molecular weight excluding hydrogens is 444 g/mol. The quantitative estimate of drug-likeness (QED) is 0.348. The van der Waals surface area contributed by atoms with E-state index in [1.807, 2.05) is 0 Å². The second-order valence-electron chi connectivity index (χ2n) is 6.24. The molecule has 0 atom stereocenters. The Morgan fingerprint density at radius 2 is 1.31 bits per heavy atom. The summed E-state index contributed by atoms with van der Waals surface area (Å²) in [7, 11) is 1.11. The first-order valence-electron chi connectivity index (χ1n) is 8.77. The lowest BCUT2D eigenvalue weighted by Gasteiger charge is -2.13. The zero-order valence-corrected chi connectivity index (χ0v) is 16.1. The average Bonchev–Trinajstić information content (AvgIpc) is 2.70. The third-order valence-electron chi connectivity index (χ3n) is 4.00. The molecule has 0 saturated carbocycles. The van der Waals surface area contributed by atoms with E-state index in [1.54, 1.807) is 0 Å². The molecule has 3 aromatic rings. The number of rotatable bonds is 5. The number of ether oxygens (including phenoxy) is 3. The Morgan fingerprint density at radius 3 is 1.84 bits per heavy atom. The van der Waals surface area contributed by atoms with Crippen molar-refractivity contribution in [2.75, 3.05) is 7.11 Å². The summed E-state index contributed by atoms with van der Waals surface area (Å²) >= 11 is 0. The largest absolute Gasteiger partial charge is 0.573 e. The molecule has 0 aliphatic rings. The first-order valence-corrected chi connectivity index (χ1v) is 8.77. The fraction of sp³-hybridized carbons (Fsp3) is 0.143. The molecule has 0 fully saturated rings. The van der Waals surface area contributed by atoms with Crippen molar-refractivity contribution >= 4 is 5.97 Å². The van der Waals surface area contributed by atoms with E-state index in [4.69, 9.17) is 4.74 Å².